The Hall–Kier alpha value is -2.22. The molecular formula is C26H41N3O4S. The molecule has 34 heavy (non-hydrogen) atoms. The fraction of sp³-hybridized carbons (Fsp3) is 0.654. The third-order valence-electron chi connectivity index (χ3n) is 5.46. The highest BCUT2D eigenvalue weighted by molar-refractivity contribution is 7.98. The first-order valence-corrected chi connectivity index (χ1v) is 13.6. The first-order valence-electron chi connectivity index (χ1n) is 12.2. The lowest BCUT2D eigenvalue weighted by atomic mass is 9.99. The standard InChI is InChI=1S/C26H41N3O4S/c1-8-18-9-11-19(12-10-18)22(23(30)27-17(2)3)29(20-13-14-20)24(31)21(15-16-34-7)28-25(32)33-26(4,5)6/h9-12,17,20-22H,8,13-16H2,1-7H3,(H,27,30)(H,28,32). The van der Waals surface area contributed by atoms with Gasteiger partial charge in [0.05, 0.1) is 0 Å². The third kappa shape index (κ3) is 8.53. The molecule has 2 rings (SSSR count). The summed E-state index contributed by atoms with van der Waals surface area (Å²) in [6, 6.07) is 6.26. The van der Waals surface area contributed by atoms with Crippen LogP contribution in [0.5, 0.6) is 0 Å². The summed E-state index contributed by atoms with van der Waals surface area (Å²) in [7, 11) is 0. The second kappa shape index (κ2) is 12.5. The lowest BCUT2D eigenvalue weighted by molar-refractivity contribution is -0.143. The summed E-state index contributed by atoms with van der Waals surface area (Å²) >= 11 is 1.60. The van der Waals surface area contributed by atoms with Crippen molar-refractivity contribution >= 4 is 29.7 Å². The van der Waals surface area contributed by atoms with E-state index in [1.165, 1.54) is 5.56 Å². The Bertz CT molecular complexity index is 831. The molecule has 0 heterocycles. The van der Waals surface area contributed by atoms with Crippen molar-refractivity contribution in [3.63, 3.8) is 0 Å². The Balaban J connectivity index is 2.40. The number of hydrogen-bond acceptors (Lipinski definition) is 5. The molecule has 0 saturated heterocycles. The van der Waals surface area contributed by atoms with Gasteiger partial charge < -0.3 is 20.3 Å². The minimum Gasteiger partial charge on any atom is -0.444 e. The van der Waals surface area contributed by atoms with Gasteiger partial charge in [0.1, 0.15) is 17.7 Å². The van der Waals surface area contributed by atoms with Crippen LogP contribution in [0.25, 0.3) is 0 Å². The Morgan fingerprint density at radius 3 is 2.21 bits per heavy atom. The summed E-state index contributed by atoms with van der Waals surface area (Å²) in [5.41, 5.74) is 1.27. The molecule has 1 aliphatic carbocycles. The average molecular weight is 492 g/mol. The maximum Gasteiger partial charge on any atom is 0.408 e. The van der Waals surface area contributed by atoms with E-state index in [1.807, 2.05) is 44.4 Å². The largest absolute Gasteiger partial charge is 0.444 e. The van der Waals surface area contributed by atoms with Crippen LogP contribution in [0.2, 0.25) is 0 Å². The molecule has 1 saturated carbocycles. The predicted octanol–water partition coefficient (Wildman–Crippen LogP) is 4.45. The number of amides is 3. The summed E-state index contributed by atoms with van der Waals surface area (Å²) in [6.45, 7) is 11.3. The Labute approximate surface area is 208 Å². The number of aryl methyl sites for hydroxylation is 1. The van der Waals surface area contributed by atoms with Gasteiger partial charge in [0.15, 0.2) is 0 Å². The number of nitrogens with one attached hydrogen (secondary N) is 2. The van der Waals surface area contributed by atoms with Crippen molar-refractivity contribution in [3.05, 3.63) is 35.4 Å². The van der Waals surface area contributed by atoms with Crippen molar-refractivity contribution in [1.82, 2.24) is 15.5 Å². The number of hydrogen-bond donors (Lipinski definition) is 2. The molecule has 2 unspecified atom stereocenters. The number of benzene rings is 1. The molecule has 0 aromatic heterocycles. The third-order valence-corrected chi connectivity index (χ3v) is 6.10. The predicted molar refractivity (Wildman–Crippen MR) is 138 cm³/mol. The highest BCUT2D eigenvalue weighted by Gasteiger charge is 2.44. The van der Waals surface area contributed by atoms with E-state index in [-0.39, 0.29) is 23.9 Å². The van der Waals surface area contributed by atoms with Gasteiger partial charge in [-0.15, -0.1) is 0 Å². The van der Waals surface area contributed by atoms with Crippen LogP contribution in [0.3, 0.4) is 0 Å². The van der Waals surface area contributed by atoms with Crippen LogP contribution in [0.4, 0.5) is 4.79 Å². The van der Waals surface area contributed by atoms with Crippen LogP contribution in [0.1, 0.15) is 78.0 Å². The number of nitrogens with zero attached hydrogens (tertiary/aromatic N) is 1. The molecule has 2 N–H and O–H groups in total. The molecule has 190 valence electrons. The monoisotopic (exact) mass is 491 g/mol. The molecule has 7 nitrogen and oxygen atoms in total. The lowest BCUT2D eigenvalue weighted by Crippen LogP contribution is -2.54. The molecule has 0 bridgehead atoms. The summed E-state index contributed by atoms with van der Waals surface area (Å²) in [4.78, 5) is 41.6. The zero-order valence-corrected chi connectivity index (χ0v) is 22.5. The molecule has 2 atom stereocenters. The Morgan fingerprint density at radius 2 is 1.74 bits per heavy atom. The van der Waals surface area contributed by atoms with Gasteiger partial charge >= 0.3 is 6.09 Å². The average Bonchev–Trinajstić information content (AvgIpc) is 3.57. The van der Waals surface area contributed by atoms with Crippen molar-refractivity contribution in [2.24, 2.45) is 0 Å². The zero-order chi connectivity index (χ0) is 25.5. The Morgan fingerprint density at radius 1 is 1.12 bits per heavy atom. The van der Waals surface area contributed by atoms with Gasteiger partial charge in [-0.2, -0.15) is 11.8 Å². The summed E-state index contributed by atoms with van der Waals surface area (Å²) in [5, 5.41) is 5.77. The quantitative estimate of drug-likeness (QED) is 0.477. The van der Waals surface area contributed by atoms with Crippen LogP contribution in [0.15, 0.2) is 24.3 Å². The molecule has 1 aromatic rings. The number of carbonyl (C=O) groups is 3. The molecule has 1 aromatic carbocycles. The van der Waals surface area contributed by atoms with E-state index in [2.05, 4.69) is 17.6 Å². The van der Waals surface area contributed by atoms with Crippen LogP contribution in [-0.2, 0) is 20.7 Å². The van der Waals surface area contributed by atoms with Crippen molar-refractivity contribution < 1.29 is 19.1 Å². The number of alkyl carbamates (subject to hydrolysis) is 1. The van der Waals surface area contributed by atoms with Gasteiger partial charge in [0.2, 0.25) is 11.8 Å². The van der Waals surface area contributed by atoms with Gasteiger partial charge in [0, 0.05) is 12.1 Å². The molecule has 0 radical (unpaired) electrons. The second-order valence-corrected chi connectivity index (χ2v) is 11.1. The molecular weight excluding hydrogens is 450 g/mol. The van der Waals surface area contributed by atoms with Crippen molar-refractivity contribution in [2.75, 3.05) is 12.0 Å². The van der Waals surface area contributed by atoms with E-state index in [0.717, 1.165) is 24.8 Å². The minimum atomic E-state index is -0.771. The van der Waals surface area contributed by atoms with E-state index in [9.17, 15) is 14.4 Å². The SMILES string of the molecule is CCc1ccc(C(C(=O)NC(C)C)N(C(=O)C(CCSC)NC(=O)OC(C)(C)C)C2CC2)cc1. The molecule has 0 aliphatic heterocycles. The topological polar surface area (TPSA) is 87.7 Å². The molecule has 3 amide bonds. The van der Waals surface area contributed by atoms with Crippen LogP contribution >= 0.6 is 11.8 Å². The van der Waals surface area contributed by atoms with E-state index < -0.39 is 23.8 Å². The van der Waals surface area contributed by atoms with Gasteiger partial charge in [-0.25, -0.2) is 4.79 Å². The van der Waals surface area contributed by atoms with Crippen molar-refractivity contribution in [3.8, 4) is 0 Å². The highest BCUT2D eigenvalue weighted by Crippen LogP contribution is 2.36. The fourth-order valence-electron chi connectivity index (χ4n) is 3.73. The molecule has 1 fully saturated rings. The van der Waals surface area contributed by atoms with E-state index in [1.54, 1.807) is 37.4 Å². The van der Waals surface area contributed by atoms with Crippen molar-refractivity contribution in [1.29, 1.82) is 0 Å². The van der Waals surface area contributed by atoms with E-state index in [4.69, 9.17) is 4.74 Å². The van der Waals surface area contributed by atoms with Crippen LogP contribution in [0, 0.1) is 0 Å². The fourth-order valence-corrected chi connectivity index (χ4v) is 4.20. The molecule has 8 heteroatoms. The first kappa shape index (κ1) is 28.0. The van der Waals surface area contributed by atoms with Gasteiger partial charge in [0.25, 0.3) is 0 Å². The normalized spacial score (nSPS) is 15.4. The number of thioether (sulfide) groups is 1. The highest BCUT2D eigenvalue weighted by atomic mass is 32.2. The lowest BCUT2D eigenvalue weighted by Gasteiger charge is -2.35. The van der Waals surface area contributed by atoms with Crippen LogP contribution < -0.4 is 10.6 Å². The maximum atomic E-state index is 13.9. The number of rotatable bonds is 11. The smallest absolute Gasteiger partial charge is 0.408 e. The summed E-state index contributed by atoms with van der Waals surface area (Å²) < 4.78 is 5.42. The van der Waals surface area contributed by atoms with E-state index >= 15 is 0 Å². The number of carbonyl (C=O) groups excluding carboxylic acids is 3. The Kier molecular flexibility index (Phi) is 10.3. The van der Waals surface area contributed by atoms with Crippen molar-refractivity contribution in [2.45, 2.75) is 97.0 Å². The van der Waals surface area contributed by atoms with Gasteiger partial charge in [-0.1, -0.05) is 31.2 Å². The maximum absolute atomic E-state index is 13.9. The minimum absolute atomic E-state index is 0.0292. The second-order valence-electron chi connectivity index (χ2n) is 10.1. The zero-order valence-electron chi connectivity index (χ0n) is 21.6. The summed E-state index contributed by atoms with van der Waals surface area (Å²) in [6.07, 6.45) is 4.36. The number of ether oxygens (including phenoxy) is 1. The summed E-state index contributed by atoms with van der Waals surface area (Å²) in [5.74, 6) is 0.241. The van der Waals surface area contributed by atoms with Gasteiger partial charge in [-0.3, -0.25) is 9.59 Å². The van der Waals surface area contributed by atoms with E-state index in [0.29, 0.717) is 12.2 Å². The van der Waals surface area contributed by atoms with Gasteiger partial charge in [-0.05, 0) is 83.4 Å². The first-order chi connectivity index (χ1) is 16.0. The van der Waals surface area contributed by atoms with Crippen LogP contribution in [-0.4, -0.2) is 58.5 Å². The molecule has 1 aliphatic rings. The molecule has 0 spiro atoms.